The zero-order valence-corrected chi connectivity index (χ0v) is 8.48. The molecule has 1 unspecified atom stereocenters. The second kappa shape index (κ2) is 4.25. The highest BCUT2D eigenvalue weighted by Crippen LogP contribution is 2.44. The predicted molar refractivity (Wildman–Crippen MR) is 56.4 cm³/mol. The van der Waals surface area contributed by atoms with Crippen molar-refractivity contribution in [3.05, 3.63) is 42.7 Å². The molecule has 0 aliphatic carbocycles. The number of hydrogen-bond donors (Lipinski definition) is 1. The number of benzene rings is 1. The van der Waals surface area contributed by atoms with Crippen LogP contribution in [0.5, 0.6) is 0 Å². The van der Waals surface area contributed by atoms with Crippen LogP contribution in [0.15, 0.2) is 42.7 Å². The molecule has 1 atom stereocenters. The average molecular weight is 210 g/mol. The van der Waals surface area contributed by atoms with E-state index in [0.717, 1.165) is 0 Å². The maximum Gasteiger partial charge on any atom is 0.311 e. The van der Waals surface area contributed by atoms with E-state index in [2.05, 4.69) is 6.58 Å². The van der Waals surface area contributed by atoms with E-state index in [4.69, 9.17) is 5.11 Å². The summed E-state index contributed by atoms with van der Waals surface area (Å²) in [5, 5.41) is 9.16. The Kier molecular flexibility index (Phi) is 3.26. The third-order valence-corrected chi connectivity index (χ3v) is 4.36. The van der Waals surface area contributed by atoms with Crippen molar-refractivity contribution in [3.63, 3.8) is 0 Å². The lowest BCUT2D eigenvalue weighted by Crippen LogP contribution is -2.11. The molecule has 1 aromatic rings. The van der Waals surface area contributed by atoms with Crippen molar-refractivity contribution in [2.75, 3.05) is 6.16 Å². The smallest absolute Gasteiger partial charge is 0.311 e. The Bertz CT molecular complexity index is 384. The van der Waals surface area contributed by atoms with Gasteiger partial charge in [-0.05, 0) is 5.82 Å². The van der Waals surface area contributed by atoms with Gasteiger partial charge in [-0.2, -0.15) is 0 Å². The van der Waals surface area contributed by atoms with Crippen LogP contribution in [0.2, 0.25) is 0 Å². The van der Waals surface area contributed by atoms with Crippen LogP contribution in [-0.2, 0) is 9.36 Å². The summed E-state index contributed by atoms with van der Waals surface area (Å²) in [7, 11) is -2.94. The summed E-state index contributed by atoms with van der Waals surface area (Å²) < 4.78 is 12.1. The first kappa shape index (κ1) is 10.7. The van der Waals surface area contributed by atoms with Crippen molar-refractivity contribution >= 4 is 18.4 Å². The first-order valence-corrected chi connectivity index (χ1v) is 6.04. The monoisotopic (exact) mass is 210 g/mol. The Morgan fingerprint density at radius 1 is 1.43 bits per heavy atom. The van der Waals surface area contributed by atoms with E-state index < -0.39 is 13.1 Å². The van der Waals surface area contributed by atoms with E-state index in [-0.39, 0.29) is 6.16 Å². The Morgan fingerprint density at radius 3 is 2.43 bits per heavy atom. The van der Waals surface area contributed by atoms with Gasteiger partial charge in [-0.1, -0.05) is 36.9 Å². The number of aliphatic carboxylic acids is 1. The molecular weight excluding hydrogens is 199 g/mol. The molecule has 1 aromatic carbocycles. The number of rotatable bonds is 4. The normalized spacial score (nSPS) is 14.3. The van der Waals surface area contributed by atoms with Gasteiger partial charge < -0.3 is 9.67 Å². The number of carboxylic acids is 1. The maximum absolute atomic E-state index is 12.1. The highest BCUT2D eigenvalue weighted by Gasteiger charge is 2.23. The lowest BCUT2D eigenvalue weighted by Gasteiger charge is -2.10. The Labute approximate surface area is 82.4 Å². The van der Waals surface area contributed by atoms with Gasteiger partial charge in [0.15, 0.2) is 0 Å². The third-order valence-electron chi connectivity index (χ3n) is 1.86. The molecule has 14 heavy (non-hydrogen) atoms. The van der Waals surface area contributed by atoms with E-state index in [1.54, 1.807) is 30.3 Å². The van der Waals surface area contributed by atoms with Gasteiger partial charge in [0, 0.05) is 5.30 Å². The minimum atomic E-state index is -2.94. The molecule has 0 radical (unpaired) electrons. The minimum Gasteiger partial charge on any atom is -0.481 e. The number of hydrogen-bond acceptors (Lipinski definition) is 2. The summed E-state index contributed by atoms with van der Waals surface area (Å²) in [6.45, 7) is 3.44. The average Bonchev–Trinajstić information content (AvgIpc) is 2.18. The van der Waals surface area contributed by atoms with Crippen LogP contribution in [0, 0.1) is 0 Å². The highest BCUT2D eigenvalue weighted by molar-refractivity contribution is 7.75. The van der Waals surface area contributed by atoms with Crippen LogP contribution in [0.4, 0.5) is 0 Å². The van der Waals surface area contributed by atoms with E-state index >= 15 is 0 Å². The summed E-state index contributed by atoms with van der Waals surface area (Å²) in [5.74, 6) is 0.174. The van der Waals surface area contributed by atoms with Crippen molar-refractivity contribution in [3.8, 4) is 0 Å². The van der Waals surface area contributed by atoms with Crippen molar-refractivity contribution < 1.29 is 14.5 Å². The number of carboxylic acid groups (broad SMARTS) is 1. The van der Waals surface area contributed by atoms with E-state index in [1.807, 2.05) is 0 Å². The van der Waals surface area contributed by atoms with Gasteiger partial charge in [0.2, 0.25) is 0 Å². The van der Waals surface area contributed by atoms with Gasteiger partial charge in [-0.25, -0.2) is 0 Å². The van der Waals surface area contributed by atoms with Crippen LogP contribution in [0.25, 0.3) is 0 Å². The third kappa shape index (κ3) is 2.33. The summed E-state index contributed by atoms with van der Waals surface area (Å²) >= 11 is 0. The van der Waals surface area contributed by atoms with Crippen LogP contribution < -0.4 is 5.30 Å². The van der Waals surface area contributed by atoms with Crippen molar-refractivity contribution in [1.29, 1.82) is 0 Å². The van der Waals surface area contributed by atoms with Gasteiger partial charge in [0.05, 0.1) is 0 Å². The van der Waals surface area contributed by atoms with Crippen molar-refractivity contribution in [1.82, 2.24) is 0 Å². The fourth-order valence-electron chi connectivity index (χ4n) is 1.14. The Morgan fingerprint density at radius 2 is 2.00 bits per heavy atom. The van der Waals surface area contributed by atoms with Gasteiger partial charge >= 0.3 is 5.97 Å². The molecule has 0 saturated heterocycles. The molecule has 0 fully saturated rings. The van der Waals surface area contributed by atoms with Crippen molar-refractivity contribution in [2.24, 2.45) is 0 Å². The lowest BCUT2D eigenvalue weighted by atomic mass is 10.4. The molecule has 3 nitrogen and oxygen atoms in total. The topological polar surface area (TPSA) is 54.4 Å². The van der Waals surface area contributed by atoms with Crippen LogP contribution in [0.1, 0.15) is 0 Å². The SMILES string of the molecule is C=CP(=O)(CC(=O)O)c1ccccc1. The maximum atomic E-state index is 12.1. The second-order valence-electron chi connectivity index (χ2n) is 2.87. The van der Waals surface area contributed by atoms with Gasteiger partial charge in [-0.15, -0.1) is 0 Å². The first-order valence-electron chi connectivity index (χ1n) is 4.08. The van der Waals surface area contributed by atoms with Crippen LogP contribution in [-0.4, -0.2) is 17.2 Å². The molecule has 0 bridgehead atoms. The first-order chi connectivity index (χ1) is 6.58. The summed E-state index contributed by atoms with van der Waals surface area (Å²) in [4.78, 5) is 10.5. The van der Waals surface area contributed by atoms with E-state index in [1.165, 1.54) is 5.82 Å². The molecule has 1 N–H and O–H groups in total. The van der Waals surface area contributed by atoms with Crippen molar-refractivity contribution in [2.45, 2.75) is 0 Å². The van der Waals surface area contributed by atoms with Gasteiger partial charge in [0.1, 0.15) is 13.3 Å². The zero-order valence-electron chi connectivity index (χ0n) is 7.59. The lowest BCUT2D eigenvalue weighted by molar-refractivity contribution is -0.134. The largest absolute Gasteiger partial charge is 0.481 e. The molecule has 0 amide bonds. The summed E-state index contributed by atoms with van der Waals surface area (Å²) in [6.07, 6.45) is -0.374. The molecule has 0 spiro atoms. The zero-order chi connectivity index (χ0) is 10.6. The molecule has 0 saturated carbocycles. The standard InChI is InChI=1S/C10H11O3P/c1-2-14(13,8-10(11)12)9-6-4-3-5-7-9/h2-7H,1,8H2,(H,11,12). The summed E-state index contributed by atoms with van der Waals surface area (Å²) in [5.41, 5.74) is 0. The van der Waals surface area contributed by atoms with Gasteiger partial charge in [0.25, 0.3) is 0 Å². The molecule has 0 heterocycles. The fourth-order valence-corrected chi connectivity index (χ4v) is 2.74. The number of carbonyl (C=O) groups is 1. The molecular formula is C10H11O3P. The minimum absolute atomic E-state index is 0.374. The van der Waals surface area contributed by atoms with Crippen LogP contribution in [0.3, 0.4) is 0 Å². The molecule has 4 heteroatoms. The summed E-state index contributed by atoms with van der Waals surface area (Å²) in [6, 6.07) is 8.56. The molecule has 0 aromatic heterocycles. The molecule has 1 rings (SSSR count). The quantitative estimate of drug-likeness (QED) is 0.772. The molecule has 74 valence electrons. The molecule has 0 aliphatic rings. The fraction of sp³-hybridized carbons (Fsp3) is 0.100. The van der Waals surface area contributed by atoms with E-state index in [9.17, 15) is 9.36 Å². The Hall–Kier alpha value is -1.34. The predicted octanol–water partition coefficient (Wildman–Crippen LogP) is 1.90. The Balaban J connectivity index is 3.09. The second-order valence-corrected chi connectivity index (χ2v) is 5.65. The highest BCUT2D eigenvalue weighted by atomic mass is 31.2. The van der Waals surface area contributed by atoms with Gasteiger partial charge in [-0.3, -0.25) is 4.79 Å². The van der Waals surface area contributed by atoms with Crippen LogP contribution >= 0.6 is 7.14 Å². The van der Waals surface area contributed by atoms with E-state index in [0.29, 0.717) is 5.30 Å². The molecule has 0 aliphatic heterocycles.